The van der Waals surface area contributed by atoms with Crippen molar-refractivity contribution in [1.82, 2.24) is 9.80 Å². The van der Waals surface area contributed by atoms with E-state index in [1.54, 1.807) is 0 Å². The molecule has 0 radical (unpaired) electrons. The van der Waals surface area contributed by atoms with Crippen molar-refractivity contribution in [2.75, 3.05) is 33.8 Å². The number of ether oxygens (including phenoxy) is 1. The number of nitrogens with zero attached hydrogens (tertiary/aromatic N) is 2. The Morgan fingerprint density at radius 2 is 0.796 bits per heavy atom. The van der Waals surface area contributed by atoms with Gasteiger partial charge in [0.05, 0.1) is 6.61 Å². The third-order valence-electron chi connectivity index (χ3n) is 11.8. The average molecular weight is 763 g/mol. The Balaban J connectivity index is 4.97. The Kier molecular flexibility index (Phi) is 40.7. The quantitative estimate of drug-likeness (QED) is 0.0458. The third-order valence-corrected chi connectivity index (χ3v) is 11.8. The number of carbonyl (C=O) groups excluding carboxylic acids is 2. The number of hydrogen-bond donors (Lipinski definition) is 0. The fraction of sp³-hybridized carbons (Fsp3) is 0.959. The van der Waals surface area contributed by atoms with Gasteiger partial charge in [0.2, 0.25) is 5.91 Å². The highest BCUT2D eigenvalue weighted by Gasteiger charge is 2.23. The van der Waals surface area contributed by atoms with Crippen molar-refractivity contribution in [2.24, 2.45) is 5.92 Å². The lowest BCUT2D eigenvalue weighted by molar-refractivity contribution is -0.145. The summed E-state index contributed by atoms with van der Waals surface area (Å²) in [6, 6.07) is 0.357. The van der Waals surface area contributed by atoms with Crippen LogP contribution in [0.1, 0.15) is 259 Å². The molecule has 0 saturated carbocycles. The lowest BCUT2D eigenvalue weighted by Crippen LogP contribution is -2.42. The van der Waals surface area contributed by atoms with Gasteiger partial charge in [0.1, 0.15) is 0 Å². The van der Waals surface area contributed by atoms with Crippen LogP contribution in [0.5, 0.6) is 0 Å². The lowest BCUT2D eigenvalue weighted by Gasteiger charge is -2.33. The monoisotopic (exact) mass is 763 g/mol. The Labute approximate surface area is 339 Å². The SMILES string of the molecule is CCCCCCCCCCC(CCCCCCC(=O)OCC(CCCCCC)CCCCCCCC)N(CCCCCCCCCC)C(=O)CCN(C)C. The number of esters is 1. The molecule has 0 heterocycles. The van der Waals surface area contributed by atoms with E-state index in [1.165, 1.54) is 173 Å². The molecule has 0 spiro atoms. The predicted molar refractivity (Wildman–Crippen MR) is 237 cm³/mol. The van der Waals surface area contributed by atoms with E-state index in [4.69, 9.17) is 4.74 Å². The predicted octanol–water partition coefficient (Wildman–Crippen LogP) is 15.0. The molecule has 0 N–H and O–H groups in total. The van der Waals surface area contributed by atoms with Gasteiger partial charge < -0.3 is 14.5 Å². The lowest BCUT2D eigenvalue weighted by atomic mass is 9.95. The van der Waals surface area contributed by atoms with Crippen molar-refractivity contribution in [1.29, 1.82) is 0 Å². The average Bonchev–Trinajstić information content (AvgIpc) is 3.16. The second-order valence-corrected chi connectivity index (χ2v) is 17.4. The molecule has 0 aliphatic carbocycles. The van der Waals surface area contributed by atoms with Crippen LogP contribution in [0.15, 0.2) is 0 Å². The second-order valence-electron chi connectivity index (χ2n) is 17.4. The highest BCUT2D eigenvalue weighted by atomic mass is 16.5. The van der Waals surface area contributed by atoms with E-state index in [0.717, 1.165) is 58.0 Å². The van der Waals surface area contributed by atoms with Gasteiger partial charge in [-0.2, -0.15) is 0 Å². The van der Waals surface area contributed by atoms with Crippen molar-refractivity contribution < 1.29 is 14.3 Å². The number of unbranched alkanes of at least 4 members (excludes halogenated alkanes) is 25. The van der Waals surface area contributed by atoms with E-state index < -0.39 is 0 Å². The summed E-state index contributed by atoms with van der Waals surface area (Å²) in [5.41, 5.74) is 0. The van der Waals surface area contributed by atoms with Gasteiger partial charge >= 0.3 is 5.97 Å². The summed E-state index contributed by atoms with van der Waals surface area (Å²) in [5, 5.41) is 0. The van der Waals surface area contributed by atoms with Gasteiger partial charge in [0.25, 0.3) is 0 Å². The molecule has 0 aliphatic heterocycles. The molecule has 0 aromatic rings. The molecule has 0 aromatic carbocycles. The van der Waals surface area contributed by atoms with Crippen LogP contribution < -0.4 is 0 Å². The smallest absolute Gasteiger partial charge is 0.305 e. The second kappa shape index (κ2) is 41.5. The van der Waals surface area contributed by atoms with Gasteiger partial charge in [0, 0.05) is 32.0 Å². The molecule has 0 saturated heterocycles. The maximum absolute atomic E-state index is 13.7. The molecule has 0 aliphatic rings. The van der Waals surface area contributed by atoms with Crippen LogP contribution in [0.2, 0.25) is 0 Å². The third kappa shape index (κ3) is 35.3. The summed E-state index contributed by atoms with van der Waals surface area (Å²) in [6.07, 6.45) is 44.2. The summed E-state index contributed by atoms with van der Waals surface area (Å²) >= 11 is 0. The fourth-order valence-electron chi connectivity index (χ4n) is 8.03. The maximum atomic E-state index is 13.7. The highest BCUT2D eigenvalue weighted by molar-refractivity contribution is 5.76. The van der Waals surface area contributed by atoms with Crippen LogP contribution in [0, 0.1) is 5.92 Å². The van der Waals surface area contributed by atoms with Crippen molar-refractivity contribution in [2.45, 2.75) is 265 Å². The van der Waals surface area contributed by atoms with Crippen LogP contribution in [0.3, 0.4) is 0 Å². The van der Waals surface area contributed by atoms with Crippen LogP contribution in [-0.4, -0.2) is 61.5 Å². The molecule has 0 fully saturated rings. The number of amides is 1. The molecular formula is C49H98N2O3. The molecule has 0 aromatic heterocycles. The fourth-order valence-corrected chi connectivity index (χ4v) is 8.03. The van der Waals surface area contributed by atoms with Gasteiger partial charge in [-0.3, -0.25) is 9.59 Å². The molecule has 322 valence electrons. The minimum absolute atomic E-state index is 0.00658. The van der Waals surface area contributed by atoms with E-state index in [1.807, 2.05) is 0 Å². The van der Waals surface area contributed by atoms with Gasteiger partial charge in [-0.05, 0) is 58.5 Å². The van der Waals surface area contributed by atoms with Crippen molar-refractivity contribution in [3.63, 3.8) is 0 Å². The number of hydrogen-bond acceptors (Lipinski definition) is 4. The summed E-state index contributed by atoms with van der Waals surface area (Å²) in [4.78, 5) is 31.0. The summed E-state index contributed by atoms with van der Waals surface area (Å²) < 4.78 is 5.88. The summed E-state index contributed by atoms with van der Waals surface area (Å²) in [6.45, 7) is 11.5. The minimum Gasteiger partial charge on any atom is -0.465 e. The van der Waals surface area contributed by atoms with E-state index in [-0.39, 0.29) is 5.97 Å². The normalized spacial score (nSPS) is 12.7. The van der Waals surface area contributed by atoms with E-state index >= 15 is 0 Å². The molecule has 2 atom stereocenters. The number of carbonyl (C=O) groups is 2. The zero-order valence-electron chi connectivity index (χ0n) is 37.9. The molecule has 0 bridgehead atoms. The Morgan fingerprint density at radius 3 is 1.24 bits per heavy atom. The van der Waals surface area contributed by atoms with E-state index in [0.29, 0.717) is 37.3 Å². The molecule has 0 rings (SSSR count). The molecule has 1 amide bonds. The van der Waals surface area contributed by atoms with Gasteiger partial charge in [-0.15, -0.1) is 0 Å². The van der Waals surface area contributed by atoms with E-state index in [2.05, 4.69) is 51.6 Å². The van der Waals surface area contributed by atoms with Gasteiger partial charge in [0.15, 0.2) is 0 Å². The van der Waals surface area contributed by atoms with Crippen LogP contribution in [-0.2, 0) is 14.3 Å². The first-order valence-electron chi connectivity index (χ1n) is 24.5. The molecule has 54 heavy (non-hydrogen) atoms. The highest BCUT2D eigenvalue weighted by Crippen LogP contribution is 2.23. The Hall–Kier alpha value is -1.10. The first-order valence-corrected chi connectivity index (χ1v) is 24.5. The Bertz CT molecular complexity index is 787. The first kappa shape index (κ1) is 52.9. The van der Waals surface area contributed by atoms with Crippen LogP contribution >= 0.6 is 0 Å². The molecule has 2 unspecified atom stereocenters. The zero-order valence-corrected chi connectivity index (χ0v) is 37.9. The van der Waals surface area contributed by atoms with Crippen molar-refractivity contribution in [3.05, 3.63) is 0 Å². The molecule has 5 nitrogen and oxygen atoms in total. The van der Waals surface area contributed by atoms with Gasteiger partial charge in [-0.1, -0.05) is 207 Å². The Morgan fingerprint density at radius 1 is 0.426 bits per heavy atom. The van der Waals surface area contributed by atoms with Crippen LogP contribution in [0.4, 0.5) is 0 Å². The first-order chi connectivity index (χ1) is 26.4. The zero-order chi connectivity index (χ0) is 39.7. The van der Waals surface area contributed by atoms with Gasteiger partial charge in [-0.25, -0.2) is 0 Å². The number of rotatable bonds is 43. The topological polar surface area (TPSA) is 49.9 Å². The van der Waals surface area contributed by atoms with Crippen molar-refractivity contribution in [3.8, 4) is 0 Å². The summed E-state index contributed by atoms with van der Waals surface area (Å²) in [7, 11) is 4.15. The summed E-state index contributed by atoms with van der Waals surface area (Å²) in [5.74, 6) is 0.898. The van der Waals surface area contributed by atoms with Crippen LogP contribution in [0.25, 0.3) is 0 Å². The van der Waals surface area contributed by atoms with Crippen molar-refractivity contribution >= 4 is 11.9 Å². The molecular weight excluding hydrogens is 665 g/mol. The maximum Gasteiger partial charge on any atom is 0.305 e. The largest absolute Gasteiger partial charge is 0.465 e. The standard InChI is InChI=1S/C49H98N2O3/c1-7-11-15-19-22-24-27-33-39-47(51(48(52)42-44-50(5)6)43-36-30-25-23-20-16-12-8-2)40-34-28-29-35-41-49(53)54-45-46(37-31-18-14-10-4)38-32-26-21-17-13-9-3/h46-47H,7-45H2,1-6H3. The minimum atomic E-state index is 0.00658. The van der Waals surface area contributed by atoms with E-state index in [9.17, 15) is 9.59 Å². The molecule has 5 heteroatoms.